The summed E-state index contributed by atoms with van der Waals surface area (Å²) in [5.74, 6) is 1.44. The number of hydrogen-bond acceptors (Lipinski definition) is 3. The lowest BCUT2D eigenvalue weighted by atomic mass is 10.00. The summed E-state index contributed by atoms with van der Waals surface area (Å²) in [5.41, 5.74) is 2.79. The molecular formula is C17H17BrO3. The van der Waals surface area contributed by atoms with Crippen LogP contribution >= 0.6 is 15.9 Å². The number of ether oxygens (including phenoxy) is 2. The van der Waals surface area contributed by atoms with E-state index in [-0.39, 0.29) is 0 Å². The molecule has 0 fully saturated rings. The number of fused-ring (bicyclic) bond motifs is 1. The van der Waals surface area contributed by atoms with Crippen molar-refractivity contribution in [3.8, 4) is 11.5 Å². The van der Waals surface area contributed by atoms with E-state index in [4.69, 9.17) is 9.47 Å². The van der Waals surface area contributed by atoms with Crippen LogP contribution in [0.25, 0.3) is 0 Å². The van der Waals surface area contributed by atoms with Crippen molar-refractivity contribution >= 4 is 15.9 Å². The number of aryl methyl sites for hydroxylation is 1. The molecule has 0 saturated heterocycles. The zero-order chi connectivity index (χ0) is 14.8. The average molecular weight is 349 g/mol. The largest absolute Gasteiger partial charge is 0.490 e. The van der Waals surface area contributed by atoms with Crippen molar-refractivity contribution in [2.24, 2.45) is 0 Å². The monoisotopic (exact) mass is 348 g/mol. The summed E-state index contributed by atoms with van der Waals surface area (Å²) in [6.45, 7) is 3.33. The van der Waals surface area contributed by atoms with Crippen LogP contribution in [0.5, 0.6) is 11.5 Å². The second-order valence-corrected chi connectivity index (χ2v) is 6.04. The Morgan fingerprint density at radius 3 is 2.57 bits per heavy atom. The van der Waals surface area contributed by atoms with Crippen LogP contribution in [0.2, 0.25) is 0 Å². The molecule has 0 radical (unpaired) electrons. The van der Waals surface area contributed by atoms with E-state index in [0.717, 1.165) is 33.3 Å². The van der Waals surface area contributed by atoms with E-state index in [9.17, 15) is 5.11 Å². The van der Waals surface area contributed by atoms with Gasteiger partial charge in [0.1, 0.15) is 6.10 Å². The zero-order valence-electron chi connectivity index (χ0n) is 11.8. The summed E-state index contributed by atoms with van der Waals surface area (Å²) >= 11 is 3.52. The quantitative estimate of drug-likeness (QED) is 0.891. The first kappa shape index (κ1) is 14.4. The van der Waals surface area contributed by atoms with Gasteiger partial charge in [-0.05, 0) is 41.8 Å². The van der Waals surface area contributed by atoms with Crippen LogP contribution < -0.4 is 9.47 Å². The minimum Gasteiger partial charge on any atom is -0.490 e. The average Bonchev–Trinajstić information content (AvgIpc) is 2.71. The number of aliphatic hydroxyl groups is 1. The molecule has 0 bridgehead atoms. The summed E-state index contributed by atoms with van der Waals surface area (Å²) in [7, 11) is 0. The molecule has 2 aromatic rings. The van der Waals surface area contributed by atoms with E-state index in [1.54, 1.807) is 0 Å². The van der Waals surface area contributed by atoms with Crippen LogP contribution in [-0.4, -0.2) is 18.3 Å². The molecule has 110 valence electrons. The predicted molar refractivity (Wildman–Crippen MR) is 85.0 cm³/mol. The van der Waals surface area contributed by atoms with Crippen LogP contribution in [0, 0.1) is 6.92 Å². The molecule has 21 heavy (non-hydrogen) atoms. The first-order valence-corrected chi connectivity index (χ1v) is 7.78. The van der Waals surface area contributed by atoms with Gasteiger partial charge < -0.3 is 14.6 Å². The Bertz CT molecular complexity index is 654. The van der Waals surface area contributed by atoms with Crippen molar-refractivity contribution in [2.45, 2.75) is 19.4 Å². The molecule has 2 aromatic carbocycles. The number of halogens is 1. The predicted octanol–water partition coefficient (Wildman–Crippen LogP) is 4.00. The number of hydrogen-bond donors (Lipinski definition) is 1. The summed E-state index contributed by atoms with van der Waals surface area (Å²) in [5, 5.41) is 10.6. The first-order chi connectivity index (χ1) is 10.1. The second-order valence-electron chi connectivity index (χ2n) is 5.18. The summed E-state index contributed by atoms with van der Waals surface area (Å²) in [4.78, 5) is 0. The van der Waals surface area contributed by atoms with Crippen molar-refractivity contribution in [1.29, 1.82) is 0 Å². The molecule has 0 aromatic heterocycles. The molecule has 0 amide bonds. The third kappa shape index (κ3) is 3.06. The van der Waals surface area contributed by atoms with Gasteiger partial charge in [-0.25, -0.2) is 0 Å². The molecule has 0 saturated carbocycles. The van der Waals surface area contributed by atoms with Gasteiger partial charge in [0, 0.05) is 10.9 Å². The van der Waals surface area contributed by atoms with Gasteiger partial charge in [0.2, 0.25) is 0 Å². The summed E-state index contributed by atoms with van der Waals surface area (Å²) < 4.78 is 12.2. The highest BCUT2D eigenvalue weighted by molar-refractivity contribution is 9.10. The molecule has 1 N–H and O–H groups in total. The molecule has 3 rings (SSSR count). The van der Waals surface area contributed by atoms with Crippen molar-refractivity contribution in [3.05, 3.63) is 57.6 Å². The van der Waals surface area contributed by atoms with Crippen LogP contribution in [-0.2, 0) is 0 Å². The van der Waals surface area contributed by atoms with E-state index < -0.39 is 6.10 Å². The molecule has 4 heteroatoms. The topological polar surface area (TPSA) is 38.7 Å². The number of aliphatic hydroxyl groups excluding tert-OH is 1. The maximum absolute atomic E-state index is 10.6. The van der Waals surface area contributed by atoms with Gasteiger partial charge in [-0.3, -0.25) is 0 Å². The minimum atomic E-state index is -0.697. The van der Waals surface area contributed by atoms with Gasteiger partial charge in [-0.1, -0.05) is 34.1 Å². The Hall–Kier alpha value is -1.52. The molecule has 0 spiro atoms. The minimum absolute atomic E-state index is 0.640. The first-order valence-electron chi connectivity index (χ1n) is 6.99. The Kier molecular flexibility index (Phi) is 4.17. The molecule has 3 nitrogen and oxygen atoms in total. The number of benzene rings is 2. The normalized spacial score (nSPS) is 15.4. The molecular weight excluding hydrogens is 332 g/mol. The van der Waals surface area contributed by atoms with Crippen molar-refractivity contribution in [3.63, 3.8) is 0 Å². The van der Waals surface area contributed by atoms with Crippen molar-refractivity contribution < 1.29 is 14.6 Å². The molecule has 1 heterocycles. The maximum atomic E-state index is 10.6. The lowest BCUT2D eigenvalue weighted by molar-refractivity contribution is 0.218. The van der Waals surface area contributed by atoms with Crippen molar-refractivity contribution in [2.75, 3.05) is 13.2 Å². The van der Waals surface area contributed by atoms with Gasteiger partial charge in [0.05, 0.1) is 13.2 Å². The van der Waals surface area contributed by atoms with Gasteiger partial charge in [0.15, 0.2) is 11.5 Å². The maximum Gasteiger partial charge on any atom is 0.161 e. The SMILES string of the molecule is Cc1ccc(C(O)c2ccc3c(c2)OCCCO3)c(Br)c1. The summed E-state index contributed by atoms with van der Waals surface area (Å²) in [6.07, 6.45) is 0.174. The highest BCUT2D eigenvalue weighted by Gasteiger charge is 2.17. The highest BCUT2D eigenvalue weighted by atomic mass is 79.9. The Labute approximate surface area is 132 Å². The van der Waals surface area contributed by atoms with Crippen LogP contribution in [0.3, 0.4) is 0 Å². The van der Waals surface area contributed by atoms with Gasteiger partial charge in [-0.2, -0.15) is 0 Å². The Balaban J connectivity index is 1.94. The third-order valence-corrected chi connectivity index (χ3v) is 4.22. The summed E-state index contributed by atoms with van der Waals surface area (Å²) in [6, 6.07) is 11.5. The fourth-order valence-corrected chi connectivity index (χ4v) is 3.09. The number of rotatable bonds is 2. The van der Waals surface area contributed by atoms with Gasteiger partial charge in [-0.15, -0.1) is 0 Å². The van der Waals surface area contributed by atoms with Gasteiger partial charge in [0.25, 0.3) is 0 Å². The van der Waals surface area contributed by atoms with E-state index in [2.05, 4.69) is 15.9 Å². The lowest BCUT2D eigenvalue weighted by Crippen LogP contribution is -2.02. The fraction of sp³-hybridized carbons (Fsp3) is 0.294. The second kappa shape index (κ2) is 6.08. The van der Waals surface area contributed by atoms with Crippen LogP contribution in [0.15, 0.2) is 40.9 Å². The van der Waals surface area contributed by atoms with E-state index >= 15 is 0 Å². The third-order valence-electron chi connectivity index (χ3n) is 3.54. The van der Waals surface area contributed by atoms with E-state index in [1.165, 1.54) is 0 Å². The molecule has 1 atom stereocenters. The van der Waals surface area contributed by atoms with Crippen molar-refractivity contribution in [1.82, 2.24) is 0 Å². The lowest BCUT2D eigenvalue weighted by Gasteiger charge is -2.16. The standard InChI is InChI=1S/C17H17BrO3/c1-11-3-5-13(14(18)9-11)17(19)12-4-6-15-16(10-12)21-8-2-7-20-15/h3-6,9-10,17,19H,2,7-8H2,1H3. The highest BCUT2D eigenvalue weighted by Crippen LogP contribution is 2.35. The van der Waals surface area contributed by atoms with Gasteiger partial charge >= 0.3 is 0 Å². The molecule has 1 aliphatic heterocycles. The molecule has 1 aliphatic rings. The van der Waals surface area contributed by atoms with E-state index in [1.807, 2.05) is 43.3 Å². The molecule has 1 unspecified atom stereocenters. The van der Waals surface area contributed by atoms with Crippen LogP contribution in [0.1, 0.15) is 29.2 Å². The smallest absolute Gasteiger partial charge is 0.161 e. The Morgan fingerprint density at radius 1 is 1.05 bits per heavy atom. The molecule has 0 aliphatic carbocycles. The zero-order valence-corrected chi connectivity index (χ0v) is 13.4. The fourth-order valence-electron chi connectivity index (χ4n) is 2.38. The van der Waals surface area contributed by atoms with Crippen LogP contribution in [0.4, 0.5) is 0 Å². The van der Waals surface area contributed by atoms with E-state index in [0.29, 0.717) is 19.0 Å². The Morgan fingerprint density at radius 2 is 1.81 bits per heavy atom.